The molecule has 0 aliphatic rings. The summed E-state index contributed by atoms with van der Waals surface area (Å²) in [5, 5.41) is 0. The zero-order valence-corrected chi connectivity index (χ0v) is 16.0. The van der Waals surface area contributed by atoms with Gasteiger partial charge >= 0.3 is 0 Å². The summed E-state index contributed by atoms with van der Waals surface area (Å²) < 4.78 is 11.4. The molecule has 0 N–H and O–H groups in total. The Hall–Kier alpha value is -3.15. The van der Waals surface area contributed by atoms with Crippen LogP contribution in [0.25, 0.3) is 6.08 Å². The maximum absolute atomic E-state index is 12.2. The van der Waals surface area contributed by atoms with Gasteiger partial charge in [-0.3, -0.25) is 14.6 Å². The molecule has 1 heterocycles. The summed E-state index contributed by atoms with van der Waals surface area (Å²) in [5.41, 5.74) is 1.31. The number of rotatable bonds is 8. The summed E-state index contributed by atoms with van der Waals surface area (Å²) in [4.78, 5) is 29.6. The van der Waals surface area contributed by atoms with Crippen molar-refractivity contribution >= 4 is 17.8 Å². The van der Waals surface area contributed by atoms with Crippen molar-refractivity contribution in [2.45, 2.75) is 20.0 Å². The summed E-state index contributed by atoms with van der Waals surface area (Å²) >= 11 is 0. The van der Waals surface area contributed by atoms with Gasteiger partial charge in [0.1, 0.15) is 0 Å². The molecular formula is C21H24N2O4. The van der Waals surface area contributed by atoms with Gasteiger partial charge in [0.05, 0.1) is 6.61 Å². The van der Waals surface area contributed by atoms with Gasteiger partial charge in [0.25, 0.3) is 5.91 Å². The third-order valence-electron chi connectivity index (χ3n) is 3.73. The van der Waals surface area contributed by atoms with Crippen molar-refractivity contribution in [2.75, 3.05) is 20.7 Å². The SMILES string of the molecule is CCOc1cc(/C=C/C(=O)c2cccnc2)ccc1O[C@H](C)C(=O)N(C)C. The number of amides is 1. The second-order valence-electron chi connectivity index (χ2n) is 6.07. The molecule has 0 aliphatic heterocycles. The van der Waals surface area contributed by atoms with Gasteiger partial charge in [0.15, 0.2) is 23.4 Å². The van der Waals surface area contributed by atoms with Gasteiger partial charge in [-0.05, 0) is 49.8 Å². The highest BCUT2D eigenvalue weighted by Crippen LogP contribution is 2.30. The number of likely N-dealkylation sites (N-methyl/N-ethyl adjacent to an activating group) is 1. The summed E-state index contributed by atoms with van der Waals surface area (Å²) in [6.07, 6.45) is 5.71. The van der Waals surface area contributed by atoms with Crippen LogP contribution in [0.1, 0.15) is 29.8 Å². The summed E-state index contributed by atoms with van der Waals surface area (Å²) in [5.74, 6) is 0.734. The molecule has 1 amide bonds. The molecule has 0 saturated heterocycles. The van der Waals surface area contributed by atoms with Gasteiger partial charge in [0, 0.05) is 32.1 Å². The van der Waals surface area contributed by atoms with Crippen LogP contribution in [-0.4, -0.2) is 48.4 Å². The molecule has 0 unspecified atom stereocenters. The third-order valence-corrected chi connectivity index (χ3v) is 3.73. The number of carbonyl (C=O) groups is 2. The zero-order chi connectivity index (χ0) is 19.8. The zero-order valence-electron chi connectivity index (χ0n) is 16.0. The first-order chi connectivity index (χ1) is 12.9. The highest BCUT2D eigenvalue weighted by molar-refractivity contribution is 6.06. The Labute approximate surface area is 159 Å². The van der Waals surface area contributed by atoms with Crippen molar-refractivity contribution in [1.29, 1.82) is 0 Å². The third kappa shape index (κ3) is 5.67. The van der Waals surface area contributed by atoms with E-state index in [1.807, 2.05) is 6.92 Å². The fraction of sp³-hybridized carbons (Fsp3) is 0.286. The van der Waals surface area contributed by atoms with Crippen molar-refractivity contribution < 1.29 is 19.1 Å². The smallest absolute Gasteiger partial charge is 0.262 e. The summed E-state index contributed by atoms with van der Waals surface area (Å²) in [6, 6.07) is 8.75. The van der Waals surface area contributed by atoms with E-state index < -0.39 is 6.10 Å². The van der Waals surface area contributed by atoms with Crippen molar-refractivity contribution in [1.82, 2.24) is 9.88 Å². The number of pyridine rings is 1. The minimum Gasteiger partial charge on any atom is -0.490 e. The average molecular weight is 368 g/mol. The molecule has 0 aliphatic carbocycles. The lowest BCUT2D eigenvalue weighted by atomic mass is 10.1. The minimum absolute atomic E-state index is 0.133. The maximum atomic E-state index is 12.2. The standard InChI is InChI=1S/C21H24N2O4/c1-5-26-20-13-16(8-10-18(24)17-7-6-12-22-14-17)9-11-19(20)27-15(2)21(25)23(3)4/h6-15H,5H2,1-4H3/b10-8+/t15-/m1/s1. The molecule has 27 heavy (non-hydrogen) atoms. The normalized spacial score (nSPS) is 11.9. The number of aromatic nitrogens is 1. The minimum atomic E-state index is -0.632. The Balaban J connectivity index is 2.18. The Morgan fingerprint density at radius 3 is 2.63 bits per heavy atom. The van der Waals surface area contributed by atoms with E-state index in [1.54, 1.807) is 63.6 Å². The molecule has 1 atom stereocenters. The van der Waals surface area contributed by atoms with Crippen LogP contribution in [0.15, 0.2) is 48.8 Å². The van der Waals surface area contributed by atoms with E-state index in [-0.39, 0.29) is 11.7 Å². The second kappa shape index (κ2) is 9.52. The molecule has 2 aromatic rings. The lowest BCUT2D eigenvalue weighted by Crippen LogP contribution is -2.35. The first-order valence-corrected chi connectivity index (χ1v) is 8.69. The fourth-order valence-electron chi connectivity index (χ4n) is 2.38. The first kappa shape index (κ1) is 20.2. The summed E-state index contributed by atoms with van der Waals surface area (Å²) in [6.45, 7) is 4.01. The number of allylic oxidation sites excluding steroid dienone is 1. The Kier molecular flexibility index (Phi) is 7.11. The van der Waals surface area contributed by atoms with Crippen molar-refractivity contribution in [3.63, 3.8) is 0 Å². The topological polar surface area (TPSA) is 68.7 Å². The van der Waals surface area contributed by atoms with Crippen LogP contribution in [0.5, 0.6) is 11.5 Å². The molecule has 0 fully saturated rings. The average Bonchev–Trinajstić information content (AvgIpc) is 2.67. The van der Waals surface area contributed by atoms with Crippen molar-refractivity contribution in [2.24, 2.45) is 0 Å². The molecule has 2 rings (SSSR count). The largest absolute Gasteiger partial charge is 0.490 e. The fourth-order valence-corrected chi connectivity index (χ4v) is 2.38. The van der Waals surface area contributed by atoms with E-state index in [9.17, 15) is 9.59 Å². The van der Waals surface area contributed by atoms with Gasteiger partial charge < -0.3 is 14.4 Å². The monoisotopic (exact) mass is 368 g/mol. The van der Waals surface area contributed by atoms with E-state index in [0.717, 1.165) is 5.56 Å². The lowest BCUT2D eigenvalue weighted by molar-refractivity contribution is -0.135. The number of hydrogen-bond acceptors (Lipinski definition) is 5. The van der Waals surface area contributed by atoms with Crippen molar-refractivity contribution in [3.8, 4) is 11.5 Å². The number of ketones is 1. The van der Waals surface area contributed by atoms with Crippen LogP contribution < -0.4 is 9.47 Å². The van der Waals surface area contributed by atoms with Gasteiger partial charge in [-0.15, -0.1) is 0 Å². The van der Waals surface area contributed by atoms with E-state index in [4.69, 9.17) is 9.47 Å². The van der Waals surface area contributed by atoms with Gasteiger partial charge in [-0.1, -0.05) is 12.1 Å². The highest BCUT2D eigenvalue weighted by Gasteiger charge is 2.18. The Morgan fingerprint density at radius 2 is 2.00 bits per heavy atom. The predicted octanol–water partition coefficient (Wildman–Crippen LogP) is 3.23. The number of hydrogen-bond donors (Lipinski definition) is 0. The van der Waals surface area contributed by atoms with Gasteiger partial charge in [-0.2, -0.15) is 0 Å². The first-order valence-electron chi connectivity index (χ1n) is 8.69. The molecular weight excluding hydrogens is 344 g/mol. The van der Waals surface area contributed by atoms with E-state index in [0.29, 0.717) is 23.7 Å². The van der Waals surface area contributed by atoms with Crippen LogP contribution in [-0.2, 0) is 4.79 Å². The highest BCUT2D eigenvalue weighted by atomic mass is 16.5. The molecule has 142 valence electrons. The van der Waals surface area contributed by atoms with Crippen LogP contribution in [0.2, 0.25) is 0 Å². The Morgan fingerprint density at radius 1 is 1.22 bits per heavy atom. The van der Waals surface area contributed by atoms with Crippen LogP contribution >= 0.6 is 0 Å². The maximum Gasteiger partial charge on any atom is 0.262 e. The molecule has 1 aromatic carbocycles. The number of ether oxygens (including phenoxy) is 2. The molecule has 0 saturated carbocycles. The van der Waals surface area contributed by atoms with E-state index in [1.165, 1.54) is 17.2 Å². The summed E-state index contributed by atoms with van der Waals surface area (Å²) in [7, 11) is 3.36. The number of nitrogens with zero attached hydrogens (tertiary/aromatic N) is 2. The molecule has 0 spiro atoms. The van der Waals surface area contributed by atoms with Crippen molar-refractivity contribution in [3.05, 3.63) is 59.9 Å². The Bertz CT molecular complexity index is 816. The predicted molar refractivity (Wildman–Crippen MR) is 104 cm³/mol. The molecule has 0 bridgehead atoms. The molecule has 1 aromatic heterocycles. The van der Waals surface area contributed by atoms with Gasteiger partial charge in [0.2, 0.25) is 0 Å². The second-order valence-corrected chi connectivity index (χ2v) is 6.07. The molecule has 6 nitrogen and oxygen atoms in total. The number of benzene rings is 1. The van der Waals surface area contributed by atoms with Crippen LogP contribution in [0, 0.1) is 0 Å². The number of carbonyl (C=O) groups excluding carboxylic acids is 2. The van der Waals surface area contributed by atoms with Crippen LogP contribution in [0.3, 0.4) is 0 Å². The lowest BCUT2D eigenvalue weighted by Gasteiger charge is -2.20. The van der Waals surface area contributed by atoms with E-state index >= 15 is 0 Å². The molecule has 6 heteroatoms. The van der Waals surface area contributed by atoms with Crippen LogP contribution in [0.4, 0.5) is 0 Å². The van der Waals surface area contributed by atoms with Gasteiger partial charge in [-0.25, -0.2) is 0 Å². The quantitative estimate of drug-likeness (QED) is 0.529. The molecule has 0 radical (unpaired) electrons. The van der Waals surface area contributed by atoms with E-state index in [2.05, 4.69) is 4.98 Å².